The predicted octanol–water partition coefficient (Wildman–Crippen LogP) is 13.4. The SMILES string of the molecule is CS(=O)(=O)N(CCCN)Cc1cccc(-c2nc(CCCc3cccc(Cl)c3)ncc2F)c1.C[C@@H]1CNC[C@H](C)N1Cc1cccc(-c2ccnc(CCCc3cc(F)cc(F)c3)n2)c1.[2H]C([2H])(CCc1nccc(-c2cccc(CN3CCNC[C@@H]3C)c2)n1)c1cc(F)cc(F)c1. The average Bonchev–Trinajstić information content (AvgIpc) is 0.850. The first-order valence-electron chi connectivity index (χ1n) is 33.7. The highest BCUT2D eigenvalue weighted by molar-refractivity contribution is 7.88. The second-order valence-corrected chi connectivity index (χ2v) is 27.0. The van der Waals surface area contributed by atoms with Gasteiger partial charge in [0.25, 0.3) is 0 Å². The molecule has 0 aliphatic carbocycles. The van der Waals surface area contributed by atoms with Crippen molar-refractivity contribution in [3.8, 4) is 33.8 Å². The number of rotatable bonds is 25. The Morgan fingerprint density at radius 3 is 1.68 bits per heavy atom. The molecule has 2 aliphatic heterocycles. The number of piperazine rings is 2. The van der Waals surface area contributed by atoms with E-state index in [9.17, 15) is 30.4 Å². The molecule has 11 rings (SSSR count). The van der Waals surface area contributed by atoms with Gasteiger partial charge in [-0.3, -0.25) is 9.80 Å². The Labute approximate surface area is 569 Å². The van der Waals surface area contributed by atoms with Crippen LogP contribution in [0.5, 0.6) is 0 Å². The van der Waals surface area contributed by atoms with Crippen LogP contribution in [0.25, 0.3) is 33.8 Å². The number of aryl methyl sites for hydroxylation is 6. The molecule has 0 spiro atoms. The van der Waals surface area contributed by atoms with Crippen molar-refractivity contribution in [1.82, 2.24) is 54.6 Å². The fourth-order valence-electron chi connectivity index (χ4n) is 11.8. The smallest absolute Gasteiger partial charge is 0.211 e. The molecule has 5 heterocycles. The highest BCUT2D eigenvalue weighted by atomic mass is 35.5. The van der Waals surface area contributed by atoms with E-state index in [1.165, 1.54) is 40.0 Å². The van der Waals surface area contributed by atoms with Crippen molar-refractivity contribution in [2.45, 2.75) is 123 Å². The van der Waals surface area contributed by atoms with E-state index in [2.05, 4.69) is 103 Å². The highest BCUT2D eigenvalue weighted by Crippen LogP contribution is 2.27. The summed E-state index contributed by atoms with van der Waals surface area (Å²) >= 11 is 6.03. The van der Waals surface area contributed by atoms with E-state index in [0.29, 0.717) is 84.7 Å². The lowest BCUT2D eigenvalue weighted by molar-refractivity contribution is 0.109. The van der Waals surface area contributed by atoms with E-state index in [1.54, 1.807) is 30.6 Å². The molecule has 0 amide bonds. The van der Waals surface area contributed by atoms with Crippen molar-refractivity contribution in [3.05, 3.63) is 249 Å². The fraction of sp³-hybridized carbons (Fsp3) is 0.360. The molecule has 14 nitrogen and oxygen atoms in total. The molecule has 4 N–H and O–H groups in total. The number of hydrogen-bond donors (Lipinski definition) is 3. The van der Waals surface area contributed by atoms with Crippen LogP contribution in [0.15, 0.2) is 164 Å². The zero-order valence-corrected chi connectivity index (χ0v) is 56.4. The van der Waals surface area contributed by atoms with Gasteiger partial charge in [0.15, 0.2) is 5.82 Å². The lowest BCUT2D eigenvalue weighted by Crippen LogP contribution is -2.54. The largest absolute Gasteiger partial charge is 0.330 e. The Bertz CT molecular complexity index is 4150. The molecule has 0 bridgehead atoms. The summed E-state index contributed by atoms with van der Waals surface area (Å²) < 4.78 is 110. The third-order valence-electron chi connectivity index (χ3n) is 16.8. The maximum absolute atomic E-state index is 14.6. The van der Waals surface area contributed by atoms with Gasteiger partial charge in [0.1, 0.15) is 46.4 Å². The predicted molar refractivity (Wildman–Crippen MR) is 372 cm³/mol. The Kier molecular flexibility index (Phi) is 26.1. The maximum atomic E-state index is 14.6. The molecular weight excluding hydrogens is 1260 g/mol. The molecule has 3 aromatic heterocycles. The molecule has 2 aliphatic rings. The topological polar surface area (TPSA) is 171 Å². The summed E-state index contributed by atoms with van der Waals surface area (Å²) in [6, 6.07) is 43.4. The quantitative estimate of drug-likeness (QED) is 0.0462. The van der Waals surface area contributed by atoms with Crippen LogP contribution in [0, 0.1) is 29.1 Å². The first-order chi connectivity index (χ1) is 47.0. The minimum Gasteiger partial charge on any atom is -0.330 e. The van der Waals surface area contributed by atoms with Gasteiger partial charge >= 0.3 is 0 Å². The van der Waals surface area contributed by atoms with Crippen molar-refractivity contribution >= 4 is 21.6 Å². The third kappa shape index (κ3) is 22.7. The van der Waals surface area contributed by atoms with E-state index >= 15 is 0 Å². The summed E-state index contributed by atoms with van der Waals surface area (Å²) in [6.45, 7) is 14.5. The zero-order chi connectivity index (χ0) is 69.8. The van der Waals surface area contributed by atoms with Gasteiger partial charge in [-0.2, -0.15) is 4.31 Å². The molecule has 0 saturated carbocycles. The monoisotopic (exact) mass is 1350 g/mol. The van der Waals surface area contributed by atoms with Gasteiger partial charge in [-0.15, -0.1) is 0 Å². The molecule has 9 aromatic rings. The number of sulfonamides is 1. The van der Waals surface area contributed by atoms with Crippen LogP contribution in [-0.4, -0.2) is 123 Å². The van der Waals surface area contributed by atoms with Gasteiger partial charge < -0.3 is 16.4 Å². The molecule has 21 heteroatoms. The van der Waals surface area contributed by atoms with Crippen LogP contribution in [0.2, 0.25) is 5.02 Å². The van der Waals surface area contributed by atoms with Crippen molar-refractivity contribution in [2.75, 3.05) is 52.1 Å². The van der Waals surface area contributed by atoms with E-state index < -0.39 is 45.5 Å². The lowest BCUT2D eigenvalue weighted by Gasteiger charge is -2.39. The van der Waals surface area contributed by atoms with Gasteiger partial charge in [0.05, 0.1) is 23.8 Å². The zero-order valence-electron chi connectivity index (χ0n) is 56.9. The molecule has 96 heavy (non-hydrogen) atoms. The van der Waals surface area contributed by atoms with E-state index in [4.69, 9.17) is 25.1 Å². The lowest BCUT2D eigenvalue weighted by atomic mass is 10.0. The standard InChI is InChI=1S/C26H30F2N4.C25H28F2N4.C24H28ClFN4O2S/c1-18-15-29-16-19(2)32(18)17-21-6-3-7-22(11-21)25-9-10-30-26(31-25)8-4-5-20-12-23(27)14-24(28)13-20;1-18-16-28-10-11-31(18)17-20-5-2-6-21(12-20)24-8-9-29-25(30-24)7-3-4-19-13-22(26)15-23(27)14-19;1-33(31,32)30(13-5-12-27)17-19-8-2-9-20(14-19)24-22(26)16-28-23(29-24)11-4-7-18-6-3-10-21(25)15-18/h3,6-7,9-14,18-19,29H,4-5,8,15-17H2,1-2H3;2,5-6,8-9,12-15,18,28H,3-4,7,10-11,16-17H2,1H3;2-3,6,8-10,14-16H,4-5,7,11-13,17,27H2,1H3/t18-,19+;18-;/m.0./s1/i;4D2;. The summed E-state index contributed by atoms with van der Waals surface area (Å²) in [4.78, 5) is 31.6. The summed E-state index contributed by atoms with van der Waals surface area (Å²) in [5.74, 6) is -1.38. The van der Waals surface area contributed by atoms with Gasteiger partial charge in [-0.05, 0) is 172 Å². The number of benzene rings is 6. The van der Waals surface area contributed by atoms with Crippen molar-refractivity contribution in [2.24, 2.45) is 5.73 Å². The molecule has 506 valence electrons. The van der Waals surface area contributed by atoms with Crippen LogP contribution in [0.1, 0.15) is 100 Å². The van der Waals surface area contributed by atoms with Gasteiger partial charge in [-0.1, -0.05) is 78.3 Å². The Morgan fingerprint density at radius 1 is 0.562 bits per heavy atom. The minimum atomic E-state index is -3.39. The second-order valence-electron chi connectivity index (χ2n) is 24.5. The van der Waals surface area contributed by atoms with Gasteiger partial charge in [-0.25, -0.2) is 60.3 Å². The average molecular weight is 1350 g/mol. The van der Waals surface area contributed by atoms with E-state index in [0.717, 1.165) is 129 Å². The van der Waals surface area contributed by atoms with Gasteiger partial charge in [0, 0.05) is 145 Å². The molecule has 6 aromatic carbocycles. The summed E-state index contributed by atoms with van der Waals surface area (Å²) in [7, 11) is -3.39. The van der Waals surface area contributed by atoms with Crippen molar-refractivity contribution in [3.63, 3.8) is 0 Å². The first-order valence-corrected chi connectivity index (χ1v) is 34.9. The van der Waals surface area contributed by atoms with Crippen LogP contribution in [0.4, 0.5) is 22.0 Å². The summed E-state index contributed by atoms with van der Waals surface area (Å²) in [5.41, 5.74) is 15.0. The number of nitrogens with one attached hydrogen (secondary N) is 2. The normalized spacial score (nSPS) is 16.4. The molecular formula is C75H86ClF5N12O2S. The number of nitrogens with two attached hydrogens (primary N) is 1. The molecule has 2 saturated heterocycles. The van der Waals surface area contributed by atoms with Gasteiger partial charge in [0.2, 0.25) is 10.0 Å². The van der Waals surface area contributed by atoms with Crippen LogP contribution < -0.4 is 16.4 Å². The molecule has 3 atom stereocenters. The molecule has 0 unspecified atom stereocenters. The number of hydrogen-bond acceptors (Lipinski definition) is 13. The third-order valence-corrected chi connectivity index (χ3v) is 18.3. The Morgan fingerprint density at radius 2 is 1.08 bits per heavy atom. The van der Waals surface area contributed by atoms with Crippen molar-refractivity contribution in [1.29, 1.82) is 0 Å². The van der Waals surface area contributed by atoms with Crippen LogP contribution in [-0.2, 0) is 68.1 Å². The molecule has 0 radical (unpaired) electrons. The fourth-order valence-corrected chi connectivity index (χ4v) is 12.8. The van der Waals surface area contributed by atoms with E-state index in [-0.39, 0.29) is 30.6 Å². The van der Waals surface area contributed by atoms with Crippen LogP contribution in [0.3, 0.4) is 0 Å². The first kappa shape index (κ1) is 69.6. The van der Waals surface area contributed by atoms with Crippen LogP contribution >= 0.6 is 11.6 Å². The maximum Gasteiger partial charge on any atom is 0.211 e. The number of halogens is 6. The second kappa shape index (κ2) is 36.0. The summed E-state index contributed by atoms with van der Waals surface area (Å²) in [5, 5.41) is 7.59. The Balaban J connectivity index is 0.000000172. The highest BCUT2D eigenvalue weighted by Gasteiger charge is 2.25. The van der Waals surface area contributed by atoms with Crippen molar-refractivity contribution < 1.29 is 33.1 Å². The minimum absolute atomic E-state index is 0.0142. The summed E-state index contributed by atoms with van der Waals surface area (Å²) in [6.07, 6.45) is 8.91. The number of aromatic nitrogens is 6. The Hall–Kier alpha value is -7.79. The van der Waals surface area contributed by atoms with E-state index in [1.807, 2.05) is 54.6 Å². The number of nitrogens with zero attached hydrogens (tertiary/aromatic N) is 9. The molecule has 2 fully saturated rings.